The Morgan fingerprint density at radius 3 is 3.06 bits per heavy atom. The van der Waals surface area contributed by atoms with Gasteiger partial charge >= 0.3 is 0 Å². The van der Waals surface area contributed by atoms with Gasteiger partial charge < -0.3 is 5.32 Å². The van der Waals surface area contributed by atoms with Gasteiger partial charge in [-0.15, -0.1) is 0 Å². The van der Waals surface area contributed by atoms with Crippen LogP contribution < -0.4 is 5.32 Å². The Morgan fingerprint density at radius 1 is 1.41 bits per heavy atom. The van der Waals surface area contributed by atoms with Gasteiger partial charge in [-0.25, -0.2) is 0 Å². The highest BCUT2D eigenvalue weighted by molar-refractivity contribution is 5.15. The number of rotatable bonds is 3. The van der Waals surface area contributed by atoms with Crippen molar-refractivity contribution in [2.45, 2.75) is 25.3 Å². The van der Waals surface area contributed by atoms with Gasteiger partial charge in [-0.3, -0.25) is 9.88 Å². The Morgan fingerprint density at radius 2 is 2.35 bits per heavy atom. The summed E-state index contributed by atoms with van der Waals surface area (Å²) in [6.07, 6.45) is 8.18. The number of nitrogens with zero attached hydrogens (tertiary/aromatic N) is 2. The van der Waals surface area contributed by atoms with E-state index in [-0.39, 0.29) is 0 Å². The van der Waals surface area contributed by atoms with Gasteiger partial charge in [0.1, 0.15) is 0 Å². The zero-order valence-electron chi connectivity index (χ0n) is 10.3. The molecule has 1 aliphatic carbocycles. The Bertz CT molecular complexity index is 348. The van der Waals surface area contributed by atoms with Crippen LogP contribution in [-0.4, -0.2) is 36.1 Å². The number of nitrogens with one attached hydrogen (secondary N) is 1. The molecule has 1 saturated heterocycles. The van der Waals surface area contributed by atoms with E-state index in [1.54, 1.807) is 0 Å². The van der Waals surface area contributed by atoms with E-state index in [1.165, 1.54) is 37.9 Å². The smallest absolute Gasteiger partial charge is 0.0488 e. The number of hydrogen-bond acceptors (Lipinski definition) is 3. The molecule has 1 saturated carbocycles. The van der Waals surface area contributed by atoms with Crippen LogP contribution in [0.2, 0.25) is 0 Å². The first-order chi connectivity index (χ1) is 8.43. The number of hydrogen-bond donors (Lipinski definition) is 1. The predicted octanol–water partition coefficient (Wildman–Crippen LogP) is 1.83. The fourth-order valence-electron chi connectivity index (χ4n) is 2.87. The van der Waals surface area contributed by atoms with E-state index in [0.717, 1.165) is 19.0 Å². The summed E-state index contributed by atoms with van der Waals surface area (Å²) in [6.45, 7) is 4.65. The predicted molar refractivity (Wildman–Crippen MR) is 68.8 cm³/mol. The van der Waals surface area contributed by atoms with E-state index in [9.17, 15) is 0 Å². The van der Waals surface area contributed by atoms with E-state index >= 15 is 0 Å². The van der Waals surface area contributed by atoms with Crippen LogP contribution >= 0.6 is 0 Å². The highest BCUT2D eigenvalue weighted by Gasteiger charge is 2.28. The number of piperazine rings is 1. The lowest BCUT2D eigenvalue weighted by molar-refractivity contribution is 0.110. The van der Waals surface area contributed by atoms with Crippen LogP contribution in [0.5, 0.6) is 0 Å². The van der Waals surface area contributed by atoms with Crippen molar-refractivity contribution in [1.29, 1.82) is 0 Å². The van der Waals surface area contributed by atoms with Crippen LogP contribution in [-0.2, 0) is 0 Å². The average Bonchev–Trinajstić information content (AvgIpc) is 2.35. The Hall–Kier alpha value is -0.930. The first-order valence-electron chi connectivity index (χ1n) is 6.78. The molecule has 1 atom stereocenters. The lowest BCUT2D eigenvalue weighted by atomic mass is 9.84. The Balaban J connectivity index is 1.70. The Labute approximate surface area is 103 Å². The molecular weight excluding hydrogens is 210 g/mol. The first-order valence-corrected chi connectivity index (χ1v) is 6.78. The normalized spacial score (nSPS) is 26.7. The summed E-state index contributed by atoms with van der Waals surface area (Å²) >= 11 is 0. The van der Waals surface area contributed by atoms with Crippen molar-refractivity contribution in [3.05, 3.63) is 30.1 Å². The Kier molecular flexibility index (Phi) is 3.39. The van der Waals surface area contributed by atoms with Gasteiger partial charge in [0.15, 0.2) is 0 Å². The van der Waals surface area contributed by atoms with Crippen molar-refractivity contribution in [1.82, 2.24) is 15.2 Å². The van der Waals surface area contributed by atoms with Crippen LogP contribution in [0.4, 0.5) is 0 Å². The maximum absolute atomic E-state index is 4.25. The lowest BCUT2D eigenvalue weighted by Crippen LogP contribution is -2.48. The third kappa shape index (κ3) is 2.50. The molecule has 1 unspecified atom stereocenters. The second-order valence-corrected chi connectivity index (χ2v) is 5.30. The van der Waals surface area contributed by atoms with Crippen molar-refractivity contribution >= 4 is 0 Å². The van der Waals surface area contributed by atoms with Crippen molar-refractivity contribution in [3.63, 3.8) is 0 Å². The summed E-state index contributed by atoms with van der Waals surface area (Å²) in [4.78, 5) is 6.90. The molecule has 92 valence electrons. The number of aromatic nitrogens is 1. The lowest BCUT2D eigenvalue weighted by Gasteiger charge is -2.40. The highest BCUT2D eigenvalue weighted by Crippen LogP contribution is 2.30. The van der Waals surface area contributed by atoms with Crippen molar-refractivity contribution < 1.29 is 0 Å². The molecule has 0 bridgehead atoms. The summed E-state index contributed by atoms with van der Waals surface area (Å²) in [7, 11) is 0. The molecule has 3 rings (SSSR count). The molecule has 1 aromatic heterocycles. The van der Waals surface area contributed by atoms with Gasteiger partial charge in [-0.2, -0.15) is 0 Å². The molecule has 1 N–H and O–H groups in total. The molecular formula is C14H21N3. The molecule has 1 aliphatic heterocycles. The van der Waals surface area contributed by atoms with Gasteiger partial charge in [0.25, 0.3) is 0 Å². The average molecular weight is 231 g/mol. The maximum atomic E-state index is 4.25. The largest absolute Gasteiger partial charge is 0.314 e. The van der Waals surface area contributed by atoms with Crippen LogP contribution in [0, 0.1) is 5.92 Å². The minimum atomic E-state index is 0.526. The van der Waals surface area contributed by atoms with E-state index in [1.807, 2.05) is 18.5 Å². The van der Waals surface area contributed by atoms with Crippen LogP contribution in [0.3, 0.4) is 0 Å². The summed E-state index contributed by atoms with van der Waals surface area (Å²) in [5.74, 6) is 0.951. The van der Waals surface area contributed by atoms with Gasteiger partial charge in [0, 0.05) is 44.6 Å². The van der Waals surface area contributed by atoms with Gasteiger partial charge in [-0.1, -0.05) is 12.5 Å². The molecule has 0 spiro atoms. The highest BCUT2D eigenvalue weighted by atomic mass is 15.2. The quantitative estimate of drug-likeness (QED) is 0.860. The SMILES string of the molecule is c1cncc(C2CNCCN2CC2CCC2)c1. The summed E-state index contributed by atoms with van der Waals surface area (Å²) in [6, 6.07) is 4.78. The van der Waals surface area contributed by atoms with E-state index in [4.69, 9.17) is 0 Å². The molecule has 2 heterocycles. The van der Waals surface area contributed by atoms with E-state index < -0.39 is 0 Å². The second kappa shape index (κ2) is 5.15. The maximum Gasteiger partial charge on any atom is 0.0488 e. The summed E-state index contributed by atoms with van der Waals surface area (Å²) in [5, 5.41) is 3.50. The zero-order valence-corrected chi connectivity index (χ0v) is 10.3. The second-order valence-electron chi connectivity index (χ2n) is 5.30. The molecule has 1 aromatic rings. The van der Waals surface area contributed by atoms with Crippen molar-refractivity contribution in [3.8, 4) is 0 Å². The molecule has 2 aliphatic rings. The molecule has 2 fully saturated rings. The van der Waals surface area contributed by atoms with Gasteiger partial charge in [0.05, 0.1) is 0 Å². The van der Waals surface area contributed by atoms with Crippen molar-refractivity contribution in [2.24, 2.45) is 5.92 Å². The van der Waals surface area contributed by atoms with Gasteiger partial charge in [0.2, 0.25) is 0 Å². The third-order valence-electron chi connectivity index (χ3n) is 4.14. The van der Waals surface area contributed by atoms with Crippen LogP contribution in [0.25, 0.3) is 0 Å². The minimum Gasteiger partial charge on any atom is -0.314 e. The van der Waals surface area contributed by atoms with Gasteiger partial charge in [-0.05, 0) is 30.4 Å². The molecule has 0 aromatic carbocycles. The summed E-state index contributed by atoms with van der Waals surface area (Å²) < 4.78 is 0. The number of pyridine rings is 1. The molecule has 3 nitrogen and oxygen atoms in total. The van der Waals surface area contributed by atoms with E-state index in [0.29, 0.717) is 6.04 Å². The zero-order chi connectivity index (χ0) is 11.5. The molecule has 0 amide bonds. The topological polar surface area (TPSA) is 28.2 Å². The minimum absolute atomic E-state index is 0.526. The van der Waals surface area contributed by atoms with Crippen LogP contribution in [0.1, 0.15) is 30.9 Å². The summed E-state index contributed by atoms with van der Waals surface area (Å²) in [5.41, 5.74) is 1.36. The fraction of sp³-hybridized carbons (Fsp3) is 0.643. The molecule has 0 radical (unpaired) electrons. The van der Waals surface area contributed by atoms with Crippen LogP contribution in [0.15, 0.2) is 24.5 Å². The first kappa shape index (κ1) is 11.2. The fourth-order valence-corrected chi connectivity index (χ4v) is 2.87. The molecule has 17 heavy (non-hydrogen) atoms. The third-order valence-corrected chi connectivity index (χ3v) is 4.14. The monoisotopic (exact) mass is 231 g/mol. The standard InChI is InChI=1S/C14H21N3/c1-3-12(4-1)11-17-8-7-16-10-14(17)13-5-2-6-15-9-13/h2,5-6,9,12,14,16H,1,3-4,7-8,10-11H2. The van der Waals surface area contributed by atoms with E-state index in [2.05, 4.69) is 21.3 Å². The molecule has 3 heteroatoms. The van der Waals surface area contributed by atoms with Crippen molar-refractivity contribution in [2.75, 3.05) is 26.2 Å².